The first kappa shape index (κ1) is 28.7. The zero-order valence-corrected chi connectivity index (χ0v) is 21.8. The van der Waals surface area contributed by atoms with Crippen molar-refractivity contribution in [1.29, 1.82) is 0 Å². The summed E-state index contributed by atoms with van der Waals surface area (Å²) in [7, 11) is 3.82. The average molecular weight is 499 g/mol. The van der Waals surface area contributed by atoms with Gasteiger partial charge in [-0.2, -0.15) is 0 Å². The predicted molar refractivity (Wildman–Crippen MR) is 140 cm³/mol. The lowest BCUT2D eigenvalue weighted by atomic mass is 9.88. The van der Waals surface area contributed by atoms with Gasteiger partial charge in [0.25, 0.3) is 0 Å². The van der Waals surface area contributed by atoms with Gasteiger partial charge in [-0.25, -0.2) is 0 Å². The fourth-order valence-electron chi connectivity index (χ4n) is 3.44. The standard InChI is InChI=1S/C28H38N2O6/c1-5-28(20-34-23(2)31,21-35-26(32)16-18-29(3)24-12-8-6-9-13-24)22-36-27(33)17-19-30(4)25-14-10-7-11-15-25/h6-15H,5,16-22H2,1-4H3. The van der Waals surface area contributed by atoms with Gasteiger partial charge < -0.3 is 24.0 Å². The molecule has 2 aromatic carbocycles. The van der Waals surface area contributed by atoms with Crippen LogP contribution in [0.25, 0.3) is 0 Å². The Morgan fingerprint density at radius 2 is 1.08 bits per heavy atom. The lowest BCUT2D eigenvalue weighted by molar-refractivity contribution is -0.161. The summed E-state index contributed by atoms with van der Waals surface area (Å²) >= 11 is 0. The molecule has 0 N–H and O–H groups in total. The fraction of sp³-hybridized carbons (Fsp3) is 0.464. The third-order valence-electron chi connectivity index (χ3n) is 6.11. The summed E-state index contributed by atoms with van der Waals surface area (Å²) in [5.41, 5.74) is 1.20. The molecule has 36 heavy (non-hydrogen) atoms. The lowest BCUT2D eigenvalue weighted by Crippen LogP contribution is -2.39. The summed E-state index contributed by atoms with van der Waals surface area (Å²) in [5, 5.41) is 0. The van der Waals surface area contributed by atoms with Crippen LogP contribution in [0.5, 0.6) is 0 Å². The third kappa shape index (κ3) is 9.98. The van der Waals surface area contributed by atoms with Crippen LogP contribution in [0.4, 0.5) is 11.4 Å². The molecule has 0 aliphatic heterocycles. The van der Waals surface area contributed by atoms with E-state index in [9.17, 15) is 14.4 Å². The first-order valence-corrected chi connectivity index (χ1v) is 12.2. The number of carbonyl (C=O) groups excluding carboxylic acids is 3. The van der Waals surface area contributed by atoms with Crippen LogP contribution in [0.3, 0.4) is 0 Å². The molecular weight excluding hydrogens is 460 g/mol. The maximum absolute atomic E-state index is 12.5. The van der Waals surface area contributed by atoms with E-state index >= 15 is 0 Å². The molecule has 0 heterocycles. The second-order valence-electron chi connectivity index (χ2n) is 8.97. The van der Waals surface area contributed by atoms with E-state index in [1.807, 2.05) is 91.5 Å². The van der Waals surface area contributed by atoms with Crippen LogP contribution in [0.1, 0.15) is 33.1 Å². The Morgan fingerprint density at radius 1 is 0.694 bits per heavy atom. The number of carbonyl (C=O) groups is 3. The topological polar surface area (TPSA) is 85.4 Å². The SMILES string of the molecule is CCC(COC(C)=O)(COC(=O)CCN(C)c1ccccc1)COC(=O)CCN(C)c1ccccc1. The summed E-state index contributed by atoms with van der Waals surface area (Å²) in [4.78, 5) is 40.3. The van der Waals surface area contributed by atoms with Gasteiger partial charge in [-0.3, -0.25) is 14.4 Å². The summed E-state index contributed by atoms with van der Waals surface area (Å²) in [6.07, 6.45) is 0.892. The van der Waals surface area contributed by atoms with Crippen LogP contribution in [0.2, 0.25) is 0 Å². The molecule has 0 aromatic heterocycles. The third-order valence-corrected chi connectivity index (χ3v) is 6.11. The first-order chi connectivity index (χ1) is 17.2. The van der Waals surface area contributed by atoms with Gasteiger partial charge >= 0.3 is 17.9 Å². The van der Waals surface area contributed by atoms with Crippen molar-refractivity contribution in [2.24, 2.45) is 5.41 Å². The summed E-state index contributed by atoms with van der Waals surface area (Å²) in [6.45, 7) is 4.16. The monoisotopic (exact) mass is 498 g/mol. The molecule has 8 heteroatoms. The Hall–Kier alpha value is -3.55. The quantitative estimate of drug-likeness (QED) is 0.268. The van der Waals surface area contributed by atoms with Crippen molar-refractivity contribution < 1.29 is 28.6 Å². The van der Waals surface area contributed by atoms with Gasteiger partial charge in [0, 0.05) is 45.5 Å². The van der Waals surface area contributed by atoms with E-state index in [0.717, 1.165) is 11.4 Å². The highest BCUT2D eigenvalue weighted by molar-refractivity contribution is 5.71. The van der Waals surface area contributed by atoms with Crippen LogP contribution >= 0.6 is 0 Å². The highest BCUT2D eigenvalue weighted by Crippen LogP contribution is 2.25. The van der Waals surface area contributed by atoms with Crippen molar-refractivity contribution in [3.8, 4) is 0 Å². The van der Waals surface area contributed by atoms with Gasteiger partial charge in [-0.05, 0) is 30.7 Å². The maximum atomic E-state index is 12.5. The molecule has 2 aromatic rings. The van der Waals surface area contributed by atoms with E-state index in [1.54, 1.807) is 0 Å². The van der Waals surface area contributed by atoms with E-state index in [4.69, 9.17) is 14.2 Å². The highest BCUT2D eigenvalue weighted by atomic mass is 16.6. The largest absolute Gasteiger partial charge is 0.465 e. The molecule has 0 aliphatic carbocycles. The van der Waals surface area contributed by atoms with E-state index < -0.39 is 11.4 Å². The Balaban J connectivity index is 1.87. The number of benzene rings is 2. The fourth-order valence-corrected chi connectivity index (χ4v) is 3.44. The van der Waals surface area contributed by atoms with Gasteiger partial charge in [0.1, 0.15) is 19.8 Å². The summed E-state index contributed by atoms with van der Waals surface area (Å²) in [6, 6.07) is 19.5. The number of anilines is 2. The average Bonchev–Trinajstić information content (AvgIpc) is 2.91. The molecule has 0 bridgehead atoms. The number of esters is 3. The molecular formula is C28H38N2O6. The van der Waals surface area contributed by atoms with Crippen LogP contribution in [0, 0.1) is 5.41 Å². The normalized spacial score (nSPS) is 10.9. The smallest absolute Gasteiger partial charge is 0.307 e. The van der Waals surface area contributed by atoms with E-state index in [1.165, 1.54) is 6.92 Å². The van der Waals surface area contributed by atoms with Crippen LogP contribution in [-0.4, -0.2) is 64.9 Å². The van der Waals surface area contributed by atoms with Gasteiger partial charge in [-0.1, -0.05) is 43.3 Å². The van der Waals surface area contributed by atoms with Gasteiger partial charge in [0.05, 0.1) is 18.3 Å². The molecule has 0 unspecified atom stereocenters. The molecule has 0 saturated heterocycles. The van der Waals surface area contributed by atoms with Crippen molar-refractivity contribution in [2.45, 2.75) is 33.1 Å². The predicted octanol–water partition coefficient (Wildman–Crippen LogP) is 4.09. The molecule has 196 valence electrons. The maximum Gasteiger partial charge on any atom is 0.307 e. The van der Waals surface area contributed by atoms with Crippen molar-refractivity contribution in [2.75, 3.05) is 56.8 Å². The minimum Gasteiger partial charge on any atom is -0.465 e. The highest BCUT2D eigenvalue weighted by Gasteiger charge is 2.34. The van der Waals surface area contributed by atoms with Crippen LogP contribution in [-0.2, 0) is 28.6 Å². The molecule has 0 amide bonds. The molecule has 0 saturated carbocycles. The van der Waals surface area contributed by atoms with Crippen LogP contribution in [0.15, 0.2) is 60.7 Å². The second kappa shape index (κ2) is 14.8. The number of hydrogen-bond donors (Lipinski definition) is 0. The Bertz CT molecular complexity index is 886. The zero-order chi connectivity index (χ0) is 26.4. The van der Waals surface area contributed by atoms with Crippen molar-refractivity contribution in [1.82, 2.24) is 0 Å². The Labute approximate surface area is 214 Å². The number of para-hydroxylation sites is 2. The Morgan fingerprint density at radius 3 is 1.44 bits per heavy atom. The van der Waals surface area contributed by atoms with Gasteiger partial charge in [-0.15, -0.1) is 0 Å². The van der Waals surface area contributed by atoms with Crippen molar-refractivity contribution in [3.63, 3.8) is 0 Å². The summed E-state index contributed by atoms with van der Waals surface area (Å²) < 4.78 is 16.3. The van der Waals surface area contributed by atoms with E-state index in [-0.39, 0.29) is 44.6 Å². The molecule has 0 atom stereocenters. The van der Waals surface area contributed by atoms with E-state index in [0.29, 0.717) is 19.5 Å². The molecule has 0 spiro atoms. The molecule has 0 radical (unpaired) electrons. The minimum absolute atomic E-state index is 0.00672. The molecule has 0 aliphatic rings. The number of ether oxygens (including phenoxy) is 3. The van der Waals surface area contributed by atoms with Gasteiger partial charge in [0.2, 0.25) is 0 Å². The summed E-state index contributed by atoms with van der Waals surface area (Å²) in [5.74, 6) is -1.18. The second-order valence-corrected chi connectivity index (χ2v) is 8.97. The first-order valence-electron chi connectivity index (χ1n) is 12.2. The molecule has 2 rings (SSSR count). The van der Waals surface area contributed by atoms with Crippen LogP contribution < -0.4 is 9.80 Å². The zero-order valence-electron chi connectivity index (χ0n) is 21.8. The lowest BCUT2D eigenvalue weighted by Gasteiger charge is -2.31. The minimum atomic E-state index is -0.812. The van der Waals surface area contributed by atoms with Gasteiger partial charge in [0.15, 0.2) is 0 Å². The van der Waals surface area contributed by atoms with Crippen molar-refractivity contribution in [3.05, 3.63) is 60.7 Å². The molecule has 8 nitrogen and oxygen atoms in total. The number of hydrogen-bond acceptors (Lipinski definition) is 8. The van der Waals surface area contributed by atoms with E-state index in [2.05, 4.69) is 0 Å². The Kier molecular flexibility index (Phi) is 11.8. The number of rotatable bonds is 15. The van der Waals surface area contributed by atoms with Crippen molar-refractivity contribution >= 4 is 29.3 Å². The number of nitrogens with zero attached hydrogens (tertiary/aromatic N) is 2. The molecule has 0 fully saturated rings.